The first-order valence-electron chi connectivity index (χ1n) is 12.9. The van der Waals surface area contributed by atoms with Crippen LogP contribution >= 0.6 is 0 Å². The molecule has 0 aromatic heterocycles. The lowest BCUT2D eigenvalue weighted by atomic mass is 9.36. The zero-order valence-electron chi connectivity index (χ0n) is 23.1. The summed E-state index contributed by atoms with van der Waals surface area (Å²) in [6.45, 7) is 39.6. The quantitative estimate of drug-likeness (QED) is 0.400. The van der Waals surface area contributed by atoms with E-state index in [9.17, 15) is 0 Å². The van der Waals surface area contributed by atoms with Gasteiger partial charge in [0, 0.05) is 10.8 Å². The lowest BCUT2D eigenvalue weighted by molar-refractivity contribution is -0.0367. The molecule has 0 unspecified atom stereocenters. The molecule has 0 heterocycles. The first-order chi connectivity index (χ1) is 15.7. The van der Waals surface area contributed by atoms with Crippen LogP contribution in [0.4, 0.5) is 0 Å². The zero-order valence-corrected chi connectivity index (χ0v) is 23.1. The molecule has 5 atom stereocenters. The highest BCUT2D eigenvalue weighted by atomic mass is 14.7. The Hall–Kier alpha value is -2.34. The molecule has 0 radical (unpaired) electrons. The Kier molecular flexibility index (Phi) is 5.52. The zero-order chi connectivity index (χ0) is 25.5. The van der Waals surface area contributed by atoms with Crippen molar-refractivity contribution in [1.82, 2.24) is 0 Å². The second-order valence-electron chi connectivity index (χ2n) is 12.4. The molecule has 0 aliphatic heterocycles. The Balaban J connectivity index is 2.16. The van der Waals surface area contributed by atoms with Crippen molar-refractivity contribution >= 4 is 5.57 Å². The molecule has 1 aromatic rings. The van der Waals surface area contributed by atoms with Crippen molar-refractivity contribution in [3.05, 3.63) is 100 Å². The summed E-state index contributed by atoms with van der Waals surface area (Å²) in [7, 11) is 0. The topological polar surface area (TPSA) is 0 Å². The van der Waals surface area contributed by atoms with Crippen molar-refractivity contribution in [2.45, 2.75) is 81.1 Å². The van der Waals surface area contributed by atoms with Crippen LogP contribution < -0.4 is 0 Å². The Bertz CT molecular complexity index is 1230. The Morgan fingerprint density at radius 3 is 2.21 bits per heavy atom. The minimum Gasteiger partial charge on any atom is -0.100 e. The van der Waals surface area contributed by atoms with E-state index in [-0.39, 0.29) is 16.2 Å². The van der Waals surface area contributed by atoms with Crippen LogP contribution in [0.1, 0.15) is 90.8 Å². The molecule has 0 N–H and O–H groups in total. The van der Waals surface area contributed by atoms with Gasteiger partial charge in [-0.15, -0.1) is 6.58 Å². The molecule has 0 saturated carbocycles. The van der Waals surface area contributed by atoms with Gasteiger partial charge in [-0.05, 0) is 104 Å². The van der Waals surface area contributed by atoms with Gasteiger partial charge in [0.15, 0.2) is 0 Å². The van der Waals surface area contributed by atoms with E-state index in [1.54, 1.807) is 0 Å². The highest BCUT2D eigenvalue weighted by molar-refractivity contribution is 5.87. The Morgan fingerprint density at radius 2 is 1.65 bits per heavy atom. The fourth-order valence-electron chi connectivity index (χ4n) is 8.67. The van der Waals surface area contributed by atoms with Gasteiger partial charge in [0.2, 0.25) is 0 Å². The summed E-state index contributed by atoms with van der Waals surface area (Å²) in [5.41, 5.74) is 14.5. The maximum Gasteiger partial charge on any atom is 0.0197 e. The number of fused-ring (bicyclic) bond motifs is 3. The largest absolute Gasteiger partial charge is 0.100 e. The summed E-state index contributed by atoms with van der Waals surface area (Å²) in [6, 6.07) is 6.80. The van der Waals surface area contributed by atoms with Crippen LogP contribution in [0.15, 0.2) is 83.5 Å². The third-order valence-corrected chi connectivity index (χ3v) is 10.5. The van der Waals surface area contributed by atoms with E-state index in [0.717, 1.165) is 18.4 Å². The third-order valence-electron chi connectivity index (χ3n) is 10.5. The minimum absolute atomic E-state index is 0.0181. The normalized spacial score (nSPS) is 35.1. The van der Waals surface area contributed by atoms with Crippen LogP contribution in [0.25, 0.3) is 5.57 Å². The van der Waals surface area contributed by atoms with Crippen molar-refractivity contribution in [2.75, 3.05) is 0 Å². The lowest BCUT2D eigenvalue weighted by Crippen LogP contribution is -2.59. The van der Waals surface area contributed by atoms with Crippen LogP contribution in [0.2, 0.25) is 0 Å². The van der Waals surface area contributed by atoms with E-state index in [1.165, 1.54) is 55.7 Å². The maximum atomic E-state index is 4.79. The molecule has 0 spiro atoms. The van der Waals surface area contributed by atoms with E-state index in [4.69, 9.17) is 13.2 Å². The van der Waals surface area contributed by atoms with E-state index < -0.39 is 0 Å². The maximum absolute atomic E-state index is 4.79. The smallest absolute Gasteiger partial charge is 0.0197 e. The Labute approximate surface area is 208 Å². The predicted octanol–water partition coefficient (Wildman–Crippen LogP) is 9.91. The third kappa shape index (κ3) is 2.78. The monoisotopic (exact) mass is 452 g/mol. The summed E-state index contributed by atoms with van der Waals surface area (Å²) in [6.07, 6.45) is 2.07. The number of hydrogen-bond acceptors (Lipinski definition) is 0. The van der Waals surface area contributed by atoms with Crippen LogP contribution in [0.5, 0.6) is 0 Å². The van der Waals surface area contributed by atoms with Crippen LogP contribution in [0.3, 0.4) is 0 Å². The molecule has 34 heavy (non-hydrogen) atoms. The Morgan fingerprint density at radius 1 is 1.03 bits per heavy atom. The van der Waals surface area contributed by atoms with E-state index >= 15 is 0 Å². The highest BCUT2D eigenvalue weighted by Crippen LogP contribution is 2.75. The molecular weight excluding hydrogens is 408 g/mol. The highest BCUT2D eigenvalue weighted by Gasteiger charge is 2.66. The second-order valence-corrected chi connectivity index (χ2v) is 12.4. The van der Waals surface area contributed by atoms with Gasteiger partial charge in [0.05, 0.1) is 0 Å². The summed E-state index contributed by atoms with van der Waals surface area (Å²) in [4.78, 5) is 0. The molecule has 0 amide bonds. The summed E-state index contributed by atoms with van der Waals surface area (Å²) in [5, 5.41) is 0. The van der Waals surface area contributed by atoms with E-state index in [1.807, 2.05) is 0 Å². The fraction of sp³-hybridized carbons (Fsp3) is 0.471. The molecule has 0 fully saturated rings. The van der Waals surface area contributed by atoms with Gasteiger partial charge in [-0.1, -0.05) is 87.9 Å². The summed E-state index contributed by atoms with van der Waals surface area (Å²) < 4.78 is 0. The molecule has 0 bridgehead atoms. The van der Waals surface area contributed by atoms with Crippen LogP contribution in [0, 0.1) is 29.1 Å². The van der Waals surface area contributed by atoms with Crippen molar-refractivity contribution in [3.8, 4) is 0 Å². The molecule has 0 nitrogen and oxygen atoms in total. The number of rotatable bonds is 3. The molecule has 0 saturated heterocycles. The number of benzene rings is 1. The van der Waals surface area contributed by atoms with Gasteiger partial charge >= 0.3 is 0 Å². The van der Waals surface area contributed by atoms with Crippen molar-refractivity contribution in [3.63, 3.8) is 0 Å². The van der Waals surface area contributed by atoms with Gasteiger partial charge in [-0.2, -0.15) is 0 Å². The molecule has 4 rings (SSSR count). The summed E-state index contributed by atoms with van der Waals surface area (Å²) >= 11 is 0. The molecule has 1 aromatic carbocycles. The van der Waals surface area contributed by atoms with Crippen molar-refractivity contribution in [2.24, 2.45) is 22.2 Å². The van der Waals surface area contributed by atoms with Crippen LogP contribution in [-0.4, -0.2) is 0 Å². The van der Waals surface area contributed by atoms with E-state index in [0.29, 0.717) is 11.8 Å². The summed E-state index contributed by atoms with van der Waals surface area (Å²) in [5.74, 6) is 0.809. The molecule has 3 aliphatic carbocycles. The molecule has 3 aliphatic rings. The minimum atomic E-state index is -0.168. The molecular formula is C34H44. The second kappa shape index (κ2) is 7.58. The SMILES string of the molecule is C=C(C)C[C@@H]1[C@]2(C)C(=C(C)[C@@]3(C)C(=C)C(C(=C)C)=C(C)C[C@@]13C)C(=C)c1c(C)cccc1[C@H]2C. The molecule has 180 valence electrons. The van der Waals surface area contributed by atoms with Gasteiger partial charge < -0.3 is 0 Å². The number of hydrogen-bond donors (Lipinski definition) is 0. The van der Waals surface area contributed by atoms with E-state index in [2.05, 4.69) is 93.7 Å². The predicted molar refractivity (Wildman–Crippen MR) is 150 cm³/mol. The fourth-order valence-corrected chi connectivity index (χ4v) is 8.67. The molecule has 0 heteroatoms. The number of allylic oxidation sites excluding steroid dienone is 8. The van der Waals surface area contributed by atoms with Crippen molar-refractivity contribution in [1.29, 1.82) is 0 Å². The lowest BCUT2D eigenvalue weighted by Gasteiger charge is -2.67. The van der Waals surface area contributed by atoms with Crippen molar-refractivity contribution < 1.29 is 0 Å². The van der Waals surface area contributed by atoms with Gasteiger partial charge in [-0.25, -0.2) is 0 Å². The number of aryl methyl sites for hydroxylation is 1. The van der Waals surface area contributed by atoms with Gasteiger partial charge in [-0.3, -0.25) is 0 Å². The first kappa shape index (κ1) is 24.8. The van der Waals surface area contributed by atoms with Crippen LogP contribution in [-0.2, 0) is 0 Å². The average molecular weight is 453 g/mol. The average Bonchev–Trinajstić information content (AvgIpc) is 2.72. The van der Waals surface area contributed by atoms with Gasteiger partial charge in [0.1, 0.15) is 0 Å². The first-order valence-corrected chi connectivity index (χ1v) is 12.9. The van der Waals surface area contributed by atoms with Gasteiger partial charge in [0.25, 0.3) is 0 Å². The standard InChI is InChI=1S/C34H44/c1-19(2)17-28-32(11)18-22(6)29(20(3)4)25(9)34(32,13)26(10)31-23(7)30-21(5)15-14-16-27(30)24(8)33(28,31)12/h14-16,24,28H,1,3,7,9,17-18H2,2,4-6,8,10-13H3/t24-,28+,32+,33-,34-/m1/s1.